The van der Waals surface area contributed by atoms with Crippen molar-refractivity contribution in [2.24, 2.45) is 0 Å². The third-order valence-electron chi connectivity index (χ3n) is 9.49. The number of aliphatic carboxylic acids is 1. The Balaban J connectivity index is 1.15. The molecule has 4 aromatic carbocycles. The molecule has 1 atom stereocenters. The number of nitrogens with zero attached hydrogens (tertiary/aromatic N) is 2. The molecule has 1 aliphatic carbocycles. The summed E-state index contributed by atoms with van der Waals surface area (Å²) in [5, 5.41) is 18.4. The van der Waals surface area contributed by atoms with Crippen molar-refractivity contribution in [1.82, 2.24) is 0 Å². The lowest BCUT2D eigenvalue weighted by atomic mass is 9.82. The minimum atomic E-state index is -1.21. The minimum Gasteiger partial charge on any atom is -0.477 e. The van der Waals surface area contributed by atoms with Crippen LogP contribution < -0.4 is 4.90 Å². The van der Waals surface area contributed by atoms with E-state index in [1.54, 1.807) is 17.4 Å². The maximum Gasteiger partial charge on any atom is 0.346 e. The summed E-state index contributed by atoms with van der Waals surface area (Å²) in [5.74, 6) is -1.21. The van der Waals surface area contributed by atoms with Crippen molar-refractivity contribution in [2.75, 3.05) is 4.90 Å². The van der Waals surface area contributed by atoms with Crippen LogP contribution in [-0.4, -0.2) is 11.1 Å². The first-order chi connectivity index (χ1) is 22.8. The quantitative estimate of drug-likeness (QED) is 0.144. The van der Waals surface area contributed by atoms with E-state index in [0.717, 1.165) is 21.1 Å². The molecule has 0 spiro atoms. The molecule has 0 saturated heterocycles. The predicted octanol–water partition coefficient (Wildman–Crippen LogP) is 10.9. The second kappa shape index (κ2) is 11.2. The van der Waals surface area contributed by atoms with Crippen molar-refractivity contribution in [1.29, 1.82) is 5.26 Å². The Morgan fingerprint density at radius 1 is 0.830 bits per heavy atom. The van der Waals surface area contributed by atoms with Gasteiger partial charge in [-0.15, -0.1) is 22.7 Å². The van der Waals surface area contributed by atoms with E-state index in [2.05, 4.69) is 122 Å². The molecule has 0 fully saturated rings. The van der Waals surface area contributed by atoms with Gasteiger partial charge in [0.15, 0.2) is 0 Å². The number of carboxylic acid groups (broad SMARTS) is 1. The molecular formula is C41H30N2O2S2. The lowest BCUT2D eigenvalue weighted by Gasteiger charge is -2.30. The number of rotatable bonds is 6. The van der Waals surface area contributed by atoms with Gasteiger partial charge in [-0.3, -0.25) is 0 Å². The molecule has 3 heterocycles. The van der Waals surface area contributed by atoms with Crippen molar-refractivity contribution in [3.05, 3.63) is 148 Å². The predicted molar refractivity (Wildman–Crippen MR) is 193 cm³/mol. The highest BCUT2D eigenvalue weighted by molar-refractivity contribution is 7.24. The summed E-state index contributed by atoms with van der Waals surface area (Å²) >= 11 is 3.21. The van der Waals surface area contributed by atoms with Gasteiger partial charge in [0, 0.05) is 36.3 Å². The lowest BCUT2D eigenvalue weighted by Crippen LogP contribution is -2.21. The first kappa shape index (κ1) is 29.2. The molecule has 6 aromatic rings. The van der Waals surface area contributed by atoms with Crippen molar-refractivity contribution in [2.45, 2.75) is 31.7 Å². The Morgan fingerprint density at radius 3 is 2.36 bits per heavy atom. The third kappa shape index (κ3) is 4.91. The van der Waals surface area contributed by atoms with Crippen molar-refractivity contribution >= 4 is 46.1 Å². The van der Waals surface area contributed by atoms with E-state index in [0.29, 0.717) is 0 Å². The molecule has 0 amide bonds. The summed E-state index contributed by atoms with van der Waals surface area (Å²) in [6, 6.07) is 43.6. The highest BCUT2D eigenvalue weighted by Gasteiger charge is 2.37. The number of anilines is 2. The van der Waals surface area contributed by atoms with E-state index in [9.17, 15) is 9.90 Å². The molecule has 228 valence electrons. The average molecular weight is 647 g/mol. The minimum absolute atomic E-state index is 0.0681. The second-order valence-corrected chi connectivity index (χ2v) is 14.8. The molecular weight excluding hydrogens is 617 g/mol. The van der Waals surface area contributed by atoms with Gasteiger partial charge in [0.1, 0.15) is 11.6 Å². The Kier molecular flexibility index (Phi) is 6.98. The van der Waals surface area contributed by atoms with Crippen LogP contribution in [0.1, 0.15) is 47.0 Å². The Morgan fingerprint density at radius 2 is 1.55 bits per heavy atom. The van der Waals surface area contributed by atoms with Gasteiger partial charge >= 0.3 is 5.97 Å². The zero-order valence-corrected chi connectivity index (χ0v) is 27.5. The number of nitriles is 1. The van der Waals surface area contributed by atoms with Crippen LogP contribution in [0.2, 0.25) is 0 Å². The van der Waals surface area contributed by atoms with Crippen molar-refractivity contribution in [3.63, 3.8) is 0 Å². The average Bonchev–Trinajstić information content (AvgIpc) is 3.88. The fraction of sp³-hybridized carbons (Fsp3) is 0.122. The summed E-state index contributed by atoms with van der Waals surface area (Å²) in [6.45, 7) is 4.67. The molecule has 4 nitrogen and oxygen atoms in total. The maximum absolute atomic E-state index is 11.3. The van der Waals surface area contributed by atoms with Crippen molar-refractivity contribution < 1.29 is 9.90 Å². The van der Waals surface area contributed by atoms with Gasteiger partial charge in [-0.1, -0.05) is 80.6 Å². The molecule has 2 aromatic heterocycles. The van der Waals surface area contributed by atoms with Gasteiger partial charge in [-0.05, 0) is 100.0 Å². The van der Waals surface area contributed by atoms with E-state index < -0.39 is 5.97 Å². The van der Waals surface area contributed by atoms with E-state index in [1.807, 2.05) is 12.1 Å². The normalized spacial score (nSPS) is 16.0. The highest BCUT2D eigenvalue weighted by atomic mass is 32.1. The number of hydrogen-bond acceptors (Lipinski definition) is 5. The zero-order chi connectivity index (χ0) is 32.3. The van der Waals surface area contributed by atoms with Gasteiger partial charge in [-0.25, -0.2) is 4.79 Å². The highest BCUT2D eigenvalue weighted by Crippen LogP contribution is 2.53. The molecule has 2 aliphatic rings. The summed E-state index contributed by atoms with van der Waals surface area (Å²) < 4.78 is 0. The topological polar surface area (TPSA) is 64.3 Å². The molecule has 47 heavy (non-hydrogen) atoms. The second-order valence-electron chi connectivity index (χ2n) is 12.6. The van der Waals surface area contributed by atoms with Crippen LogP contribution in [0.3, 0.4) is 0 Å². The first-order valence-electron chi connectivity index (χ1n) is 15.6. The summed E-state index contributed by atoms with van der Waals surface area (Å²) in [6.07, 6.45) is 2.35. The van der Waals surface area contributed by atoms with Crippen LogP contribution in [0.25, 0.3) is 37.4 Å². The van der Waals surface area contributed by atoms with E-state index in [-0.39, 0.29) is 17.0 Å². The van der Waals surface area contributed by atoms with Gasteiger partial charge < -0.3 is 10.0 Å². The molecule has 0 bridgehead atoms. The molecule has 8 rings (SSSR count). The van der Waals surface area contributed by atoms with Crippen molar-refractivity contribution in [3.8, 4) is 37.4 Å². The number of benzene rings is 4. The van der Waals surface area contributed by atoms with E-state index in [1.165, 1.54) is 72.6 Å². The van der Waals surface area contributed by atoms with Crippen LogP contribution >= 0.6 is 22.7 Å². The lowest BCUT2D eigenvalue weighted by molar-refractivity contribution is -0.132. The largest absolute Gasteiger partial charge is 0.477 e. The molecule has 1 aliphatic heterocycles. The monoisotopic (exact) mass is 646 g/mol. The standard InChI is InChI=1S/C41H30N2O2S2/c1-41(2)33-11-7-6-10-31(33)32-15-13-29(23-34(32)41)43-35-16-12-26(20-27(35)22-36(43)25-8-4-3-5-9-25)37-18-19-39(47-37)38-17-14-30(46-38)21-28(24-42)40(44)45/h3-21,23,36H,22H2,1-2H3,(H,44,45)/b28-21+. The Bertz CT molecular complexity index is 2270. The van der Waals surface area contributed by atoms with Crippen LogP contribution in [-0.2, 0) is 16.6 Å². The molecule has 1 N–H and O–H groups in total. The fourth-order valence-electron chi connectivity index (χ4n) is 7.18. The number of carbonyl (C=O) groups is 1. The molecule has 6 heteroatoms. The van der Waals surface area contributed by atoms with Crippen LogP contribution in [0.15, 0.2) is 121 Å². The zero-order valence-electron chi connectivity index (χ0n) is 25.9. The fourth-order valence-corrected chi connectivity index (χ4v) is 9.22. The number of hydrogen-bond donors (Lipinski definition) is 1. The SMILES string of the molecule is CC1(C)c2ccccc2-c2ccc(N3c4ccc(-c5ccc(-c6ccc(/C=C(\C#N)C(=O)O)s6)s5)cc4CC3c3ccccc3)cc21. The first-order valence-corrected chi connectivity index (χ1v) is 17.2. The van der Waals surface area contributed by atoms with Gasteiger partial charge in [-0.2, -0.15) is 5.26 Å². The third-order valence-corrected chi connectivity index (χ3v) is 11.9. The van der Waals surface area contributed by atoms with Gasteiger partial charge in [0.2, 0.25) is 0 Å². The van der Waals surface area contributed by atoms with Crippen LogP contribution in [0, 0.1) is 11.3 Å². The van der Waals surface area contributed by atoms with Crippen LogP contribution in [0.4, 0.5) is 11.4 Å². The summed E-state index contributed by atoms with van der Waals surface area (Å²) in [5.41, 5.74) is 11.4. The van der Waals surface area contributed by atoms with E-state index in [4.69, 9.17) is 5.26 Å². The number of thiophene rings is 2. The Labute approximate surface area is 282 Å². The summed E-state index contributed by atoms with van der Waals surface area (Å²) in [7, 11) is 0. The molecule has 0 saturated carbocycles. The summed E-state index contributed by atoms with van der Waals surface area (Å²) in [4.78, 5) is 17.9. The molecule has 1 unspecified atom stereocenters. The van der Waals surface area contributed by atoms with Crippen LogP contribution in [0.5, 0.6) is 0 Å². The number of fused-ring (bicyclic) bond motifs is 4. The van der Waals surface area contributed by atoms with Gasteiger partial charge in [0.25, 0.3) is 0 Å². The molecule has 0 radical (unpaired) electrons. The van der Waals surface area contributed by atoms with Gasteiger partial charge in [0.05, 0.1) is 6.04 Å². The maximum atomic E-state index is 11.3. The Hall–Kier alpha value is -5.22. The van der Waals surface area contributed by atoms with E-state index >= 15 is 0 Å². The smallest absolute Gasteiger partial charge is 0.346 e. The number of carboxylic acids is 1.